The Morgan fingerprint density at radius 3 is 3.10 bits per heavy atom. The van der Waals surface area contributed by atoms with E-state index in [1.165, 1.54) is 0 Å². The molecule has 2 amide bonds. The van der Waals surface area contributed by atoms with Crippen molar-refractivity contribution in [1.82, 2.24) is 25.3 Å². The first-order valence-corrected chi connectivity index (χ1v) is 7.28. The predicted octanol–water partition coefficient (Wildman–Crippen LogP) is -0.363. The fraction of sp³-hybridized carbons (Fsp3) is 0.643. The first-order valence-electron chi connectivity index (χ1n) is 7.28. The van der Waals surface area contributed by atoms with E-state index in [1.807, 2.05) is 25.2 Å². The van der Waals surface area contributed by atoms with Gasteiger partial charge in [0.05, 0.1) is 12.7 Å². The molecule has 7 heteroatoms. The lowest BCUT2D eigenvalue weighted by atomic mass is 10.1. The summed E-state index contributed by atoms with van der Waals surface area (Å²) in [7, 11) is 3.74. The van der Waals surface area contributed by atoms with Gasteiger partial charge < -0.3 is 10.6 Å². The van der Waals surface area contributed by atoms with Crippen LogP contribution in [0.5, 0.6) is 0 Å². The summed E-state index contributed by atoms with van der Waals surface area (Å²) in [6.07, 6.45) is 6.35. The number of hydrogen-bond donors (Lipinski definition) is 2. The Hall–Kier alpha value is -1.89. The van der Waals surface area contributed by atoms with E-state index < -0.39 is 6.04 Å². The molecule has 21 heavy (non-hydrogen) atoms. The fourth-order valence-electron chi connectivity index (χ4n) is 2.48. The van der Waals surface area contributed by atoms with Crippen molar-refractivity contribution in [1.29, 1.82) is 0 Å². The van der Waals surface area contributed by atoms with E-state index in [0.717, 1.165) is 18.4 Å². The number of aromatic nitrogens is 2. The van der Waals surface area contributed by atoms with Crippen molar-refractivity contribution in [2.24, 2.45) is 7.05 Å². The van der Waals surface area contributed by atoms with Crippen molar-refractivity contribution < 1.29 is 9.59 Å². The third-order valence-corrected chi connectivity index (χ3v) is 3.49. The van der Waals surface area contributed by atoms with Crippen LogP contribution in [0.15, 0.2) is 12.4 Å². The molecule has 1 aliphatic heterocycles. The van der Waals surface area contributed by atoms with E-state index in [2.05, 4.69) is 15.7 Å². The van der Waals surface area contributed by atoms with E-state index in [0.29, 0.717) is 19.5 Å². The van der Waals surface area contributed by atoms with Crippen molar-refractivity contribution in [3.05, 3.63) is 18.0 Å². The summed E-state index contributed by atoms with van der Waals surface area (Å²) in [6, 6.07) is -0.396. The largest absolute Gasteiger partial charge is 0.354 e. The quantitative estimate of drug-likeness (QED) is 0.777. The second-order valence-corrected chi connectivity index (χ2v) is 5.60. The van der Waals surface area contributed by atoms with Gasteiger partial charge in [-0.1, -0.05) is 0 Å². The highest BCUT2D eigenvalue weighted by Gasteiger charge is 2.22. The van der Waals surface area contributed by atoms with Crippen molar-refractivity contribution in [2.75, 3.05) is 20.1 Å². The monoisotopic (exact) mass is 293 g/mol. The Labute approximate surface area is 124 Å². The van der Waals surface area contributed by atoms with E-state index >= 15 is 0 Å². The highest BCUT2D eigenvalue weighted by Crippen LogP contribution is 2.06. The lowest BCUT2D eigenvalue weighted by Crippen LogP contribution is -2.48. The minimum atomic E-state index is -0.396. The lowest BCUT2D eigenvalue weighted by molar-refractivity contribution is -0.129. The molecular formula is C14H23N5O2. The number of nitrogens with zero attached hydrogens (tertiary/aromatic N) is 3. The summed E-state index contributed by atoms with van der Waals surface area (Å²) in [5, 5.41) is 9.73. The summed E-state index contributed by atoms with van der Waals surface area (Å²) >= 11 is 0. The molecule has 1 atom stereocenters. The summed E-state index contributed by atoms with van der Waals surface area (Å²) in [5.74, 6) is -0.195. The van der Waals surface area contributed by atoms with Gasteiger partial charge >= 0.3 is 0 Å². The molecule has 1 aliphatic rings. The normalized spacial score (nSPS) is 19.2. The van der Waals surface area contributed by atoms with Crippen molar-refractivity contribution in [3.63, 3.8) is 0 Å². The predicted molar refractivity (Wildman–Crippen MR) is 78.3 cm³/mol. The summed E-state index contributed by atoms with van der Waals surface area (Å²) in [5.41, 5.74) is 1.06. The topological polar surface area (TPSA) is 79.3 Å². The van der Waals surface area contributed by atoms with Crippen LogP contribution in [0.3, 0.4) is 0 Å². The number of carbonyl (C=O) groups is 2. The second kappa shape index (κ2) is 7.21. The van der Waals surface area contributed by atoms with Crippen LogP contribution in [0.2, 0.25) is 0 Å². The standard InChI is InChI=1S/C14H23N5O2/c1-18(8-11-7-16-19(2)9-11)10-13(20)17-12-5-3-4-6-15-14(12)21/h7,9,12H,3-6,8,10H2,1-2H3,(H,15,21)(H,17,20). The van der Waals surface area contributed by atoms with Crippen LogP contribution in [0.25, 0.3) is 0 Å². The van der Waals surface area contributed by atoms with Crippen molar-refractivity contribution in [2.45, 2.75) is 31.8 Å². The fourth-order valence-corrected chi connectivity index (χ4v) is 2.48. The Morgan fingerprint density at radius 2 is 2.38 bits per heavy atom. The Balaban J connectivity index is 1.79. The third-order valence-electron chi connectivity index (χ3n) is 3.49. The SMILES string of the molecule is CN(CC(=O)NC1CCCCNC1=O)Cc1cnn(C)c1. The molecule has 116 valence electrons. The molecule has 0 saturated carbocycles. The summed E-state index contributed by atoms with van der Waals surface area (Å²) in [4.78, 5) is 25.7. The average Bonchev–Trinajstić information content (AvgIpc) is 2.70. The van der Waals surface area contributed by atoms with Crippen LogP contribution in [0, 0.1) is 0 Å². The van der Waals surface area contributed by atoms with Gasteiger partial charge in [-0.3, -0.25) is 19.2 Å². The maximum atomic E-state index is 12.0. The molecule has 2 rings (SSSR count). The molecule has 0 spiro atoms. The summed E-state index contributed by atoms with van der Waals surface area (Å²) < 4.78 is 1.74. The van der Waals surface area contributed by atoms with Gasteiger partial charge in [-0.2, -0.15) is 5.10 Å². The molecule has 0 aliphatic carbocycles. The number of likely N-dealkylation sites (N-methyl/N-ethyl adjacent to an activating group) is 1. The Bertz CT molecular complexity index is 499. The van der Waals surface area contributed by atoms with Gasteiger partial charge in [0.25, 0.3) is 0 Å². The number of carbonyl (C=O) groups excluding carboxylic acids is 2. The number of aryl methyl sites for hydroxylation is 1. The Morgan fingerprint density at radius 1 is 1.57 bits per heavy atom. The van der Waals surface area contributed by atoms with Crippen molar-refractivity contribution >= 4 is 11.8 Å². The zero-order valence-electron chi connectivity index (χ0n) is 12.6. The molecule has 0 radical (unpaired) electrons. The molecule has 2 heterocycles. The second-order valence-electron chi connectivity index (χ2n) is 5.60. The number of amides is 2. The third kappa shape index (κ3) is 4.86. The van der Waals surface area contributed by atoms with Crippen LogP contribution in [0.4, 0.5) is 0 Å². The van der Waals surface area contributed by atoms with E-state index in [9.17, 15) is 9.59 Å². The lowest BCUT2D eigenvalue weighted by Gasteiger charge is -2.19. The molecule has 0 aromatic carbocycles. The molecule has 1 fully saturated rings. The summed E-state index contributed by atoms with van der Waals surface area (Å²) in [6.45, 7) is 1.61. The molecule has 1 saturated heterocycles. The average molecular weight is 293 g/mol. The first-order chi connectivity index (χ1) is 10.0. The smallest absolute Gasteiger partial charge is 0.242 e. The van der Waals surface area contributed by atoms with Crippen LogP contribution >= 0.6 is 0 Å². The van der Waals surface area contributed by atoms with Crippen LogP contribution in [-0.4, -0.2) is 52.7 Å². The van der Waals surface area contributed by atoms with Crippen LogP contribution in [-0.2, 0) is 23.2 Å². The van der Waals surface area contributed by atoms with Crippen molar-refractivity contribution in [3.8, 4) is 0 Å². The Kier molecular flexibility index (Phi) is 5.32. The maximum Gasteiger partial charge on any atom is 0.242 e. The van der Waals surface area contributed by atoms with Gasteiger partial charge in [0.2, 0.25) is 11.8 Å². The molecular weight excluding hydrogens is 270 g/mol. The molecule has 7 nitrogen and oxygen atoms in total. The minimum absolute atomic E-state index is 0.0734. The minimum Gasteiger partial charge on any atom is -0.354 e. The van der Waals surface area contributed by atoms with Gasteiger partial charge in [-0.25, -0.2) is 0 Å². The van der Waals surface area contributed by atoms with E-state index in [4.69, 9.17) is 0 Å². The highest BCUT2D eigenvalue weighted by molar-refractivity contribution is 5.88. The number of nitrogens with one attached hydrogen (secondary N) is 2. The van der Waals surface area contributed by atoms with Gasteiger partial charge in [0, 0.05) is 31.9 Å². The van der Waals surface area contributed by atoms with Gasteiger partial charge in [-0.15, -0.1) is 0 Å². The molecule has 1 aromatic heterocycles. The zero-order valence-corrected chi connectivity index (χ0v) is 12.6. The van der Waals surface area contributed by atoms with Gasteiger partial charge in [0.1, 0.15) is 6.04 Å². The molecule has 1 aromatic rings. The maximum absolute atomic E-state index is 12.0. The van der Waals surface area contributed by atoms with E-state index in [1.54, 1.807) is 10.9 Å². The van der Waals surface area contributed by atoms with E-state index in [-0.39, 0.29) is 18.4 Å². The van der Waals surface area contributed by atoms with Gasteiger partial charge in [0.15, 0.2) is 0 Å². The van der Waals surface area contributed by atoms with Crippen LogP contribution < -0.4 is 10.6 Å². The molecule has 1 unspecified atom stereocenters. The highest BCUT2D eigenvalue weighted by atomic mass is 16.2. The van der Waals surface area contributed by atoms with Crippen LogP contribution in [0.1, 0.15) is 24.8 Å². The first kappa shape index (κ1) is 15.5. The number of rotatable bonds is 5. The molecule has 2 N–H and O–H groups in total. The van der Waals surface area contributed by atoms with Gasteiger partial charge in [-0.05, 0) is 26.3 Å². The molecule has 0 bridgehead atoms. The zero-order chi connectivity index (χ0) is 15.2. The number of hydrogen-bond acceptors (Lipinski definition) is 4.